The number of ether oxygens (including phenoxy) is 1. The van der Waals surface area contributed by atoms with E-state index >= 15 is 0 Å². The number of amides is 1. The lowest BCUT2D eigenvalue weighted by atomic mass is 10.1. The number of nitrogens with one attached hydrogen (secondary N) is 1. The van der Waals surface area contributed by atoms with Crippen LogP contribution in [0.4, 0.5) is 0 Å². The number of carbonyl (C=O) groups excluding carboxylic acids is 1. The van der Waals surface area contributed by atoms with Crippen LogP contribution in [0.3, 0.4) is 0 Å². The fourth-order valence-corrected chi connectivity index (χ4v) is 2.84. The number of carbonyl (C=O) groups is 1. The van der Waals surface area contributed by atoms with Crippen molar-refractivity contribution in [3.8, 4) is 0 Å². The molecule has 2 unspecified atom stereocenters. The van der Waals surface area contributed by atoms with Crippen LogP contribution >= 0.6 is 11.3 Å². The van der Waals surface area contributed by atoms with E-state index in [1.807, 2.05) is 19.1 Å². The lowest BCUT2D eigenvalue weighted by Gasteiger charge is -2.18. The summed E-state index contributed by atoms with van der Waals surface area (Å²) < 4.78 is 5.54. The second-order valence-corrected chi connectivity index (χ2v) is 5.95. The Morgan fingerprint density at radius 3 is 3.06 bits per heavy atom. The molecule has 2 rings (SSSR count). The highest BCUT2D eigenvalue weighted by Gasteiger charge is 2.22. The Hall–Kier alpha value is -1.13. The summed E-state index contributed by atoms with van der Waals surface area (Å²) in [4.78, 5) is 14.1. The van der Waals surface area contributed by atoms with Crippen LogP contribution in [0.25, 0.3) is 6.08 Å². The number of rotatable bonds is 4. The Morgan fingerprint density at radius 2 is 2.44 bits per heavy atom. The molecule has 4 heteroatoms. The fourth-order valence-electron chi connectivity index (χ4n) is 2.06. The Bertz CT molecular complexity index is 433. The Balaban J connectivity index is 1.82. The van der Waals surface area contributed by atoms with E-state index in [0.717, 1.165) is 24.3 Å². The van der Waals surface area contributed by atoms with Gasteiger partial charge in [0.05, 0.1) is 12.1 Å². The van der Waals surface area contributed by atoms with Gasteiger partial charge in [-0.1, -0.05) is 0 Å². The van der Waals surface area contributed by atoms with Gasteiger partial charge in [-0.3, -0.25) is 4.79 Å². The Kier molecular flexibility index (Phi) is 4.55. The maximum Gasteiger partial charge on any atom is 0.244 e. The van der Waals surface area contributed by atoms with Crippen molar-refractivity contribution in [2.45, 2.75) is 38.8 Å². The van der Waals surface area contributed by atoms with Gasteiger partial charge in [-0.2, -0.15) is 0 Å². The molecular weight excluding hydrogens is 246 g/mol. The maximum atomic E-state index is 11.7. The van der Waals surface area contributed by atoms with E-state index in [0.29, 0.717) is 0 Å². The normalized spacial score (nSPS) is 21.3. The van der Waals surface area contributed by atoms with Crippen LogP contribution in [0.1, 0.15) is 29.5 Å². The van der Waals surface area contributed by atoms with E-state index in [1.165, 1.54) is 4.88 Å². The summed E-state index contributed by atoms with van der Waals surface area (Å²) in [6.07, 6.45) is 5.75. The van der Waals surface area contributed by atoms with Gasteiger partial charge in [0.2, 0.25) is 5.91 Å². The van der Waals surface area contributed by atoms with Crippen molar-refractivity contribution in [2.24, 2.45) is 0 Å². The lowest BCUT2D eigenvalue weighted by molar-refractivity contribution is -0.117. The summed E-state index contributed by atoms with van der Waals surface area (Å²) in [5.74, 6) is -0.0518. The number of aryl methyl sites for hydroxylation is 1. The van der Waals surface area contributed by atoms with Crippen molar-refractivity contribution in [1.29, 1.82) is 0 Å². The van der Waals surface area contributed by atoms with Crippen LogP contribution in [0, 0.1) is 6.92 Å². The zero-order valence-electron chi connectivity index (χ0n) is 10.8. The van der Waals surface area contributed by atoms with Crippen molar-refractivity contribution in [2.75, 3.05) is 6.61 Å². The van der Waals surface area contributed by atoms with Gasteiger partial charge in [0, 0.05) is 22.4 Å². The third-order valence-electron chi connectivity index (χ3n) is 3.05. The highest BCUT2D eigenvalue weighted by molar-refractivity contribution is 7.12. The first-order valence-electron chi connectivity index (χ1n) is 6.32. The molecular formula is C14H19NO2S. The molecule has 0 aromatic carbocycles. The Morgan fingerprint density at radius 1 is 1.61 bits per heavy atom. The van der Waals surface area contributed by atoms with Gasteiger partial charge in [-0.05, 0) is 44.9 Å². The van der Waals surface area contributed by atoms with Crippen molar-refractivity contribution in [3.05, 3.63) is 28.0 Å². The van der Waals surface area contributed by atoms with Crippen LogP contribution < -0.4 is 5.32 Å². The topological polar surface area (TPSA) is 38.3 Å². The molecule has 1 aliphatic heterocycles. The SMILES string of the molecule is Cc1ccc(C=CC(=O)NC(C)C2CCCO2)s1. The molecule has 0 saturated carbocycles. The number of hydrogen-bond acceptors (Lipinski definition) is 3. The minimum atomic E-state index is -0.0518. The number of thiophene rings is 1. The van der Waals surface area contributed by atoms with Crippen molar-refractivity contribution in [3.63, 3.8) is 0 Å². The van der Waals surface area contributed by atoms with Gasteiger partial charge in [-0.25, -0.2) is 0 Å². The van der Waals surface area contributed by atoms with Gasteiger partial charge in [0.15, 0.2) is 0 Å². The quantitative estimate of drug-likeness (QED) is 0.850. The van der Waals surface area contributed by atoms with E-state index in [2.05, 4.69) is 18.3 Å². The molecule has 1 fully saturated rings. The molecule has 0 aliphatic carbocycles. The van der Waals surface area contributed by atoms with Gasteiger partial charge >= 0.3 is 0 Å². The zero-order valence-corrected chi connectivity index (χ0v) is 11.6. The molecule has 2 heterocycles. The van der Waals surface area contributed by atoms with Crippen LogP contribution in [0.2, 0.25) is 0 Å². The summed E-state index contributed by atoms with van der Waals surface area (Å²) in [6.45, 7) is 4.87. The van der Waals surface area contributed by atoms with E-state index in [9.17, 15) is 4.79 Å². The summed E-state index contributed by atoms with van der Waals surface area (Å²) in [5, 5.41) is 2.95. The average molecular weight is 265 g/mol. The van der Waals surface area contributed by atoms with E-state index in [1.54, 1.807) is 17.4 Å². The minimum absolute atomic E-state index is 0.0518. The first-order chi connectivity index (χ1) is 8.65. The smallest absolute Gasteiger partial charge is 0.244 e. The van der Waals surface area contributed by atoms with Gasteiger partial charge in [-0.15, -0.1) is 11.3 Å². The van der Waals surface area contributed by atoms with Crippen LogP contribution in [-0.2, 0) is 9.53 Å². The van der Waals surface area contributed by atoms with Crippen LogP contribution in [0.5, 0.6) is 0 Å². The zero-order chi connectivity index (χ0) is 13.0. The van der Waals surface area contributed by atoms with E-state index in [-0.39, 0.29) is 18.1 Å². The molecule has 3 nitrogen and oxygen atoms in total. The largest absolute Gasteiger partial charge is 0.376 e. The van der Waals surface area contributed by atoms with Crippen LogP contribution in [0.15, 0.2) is 18.2 Å². The molecule has 1 amide bonds. The predicted molar refractivity (Wildman–Crippen MR) is 74.7 cm³/mol. The summed E-state index contributed by atoms with van der Waals surface area (Å²) in [7, 11) is 0. The summed E-state index contributed by atoms with van der Waals surface area (Å²) >= 11 is 1.68. The van der Waals surface area contributed by atoms with Crippen molar-refractivity contribution < 1.29 is 9.53 Å². The molecule has 1 aromatic heterocycles. The molecule has 2 atom stereocenters. The Labute approximate surface area is 112 Å². The van der Waals surface area contributed by atoms with Crippen LogP contribution in [-0.4, -0.2) is 24.7 Å². The lowest BCUT2D eigenvalue weighted by Crippen LogP contribution is -2.39. The average Bonchev–Trinajstić information content (AvgIpc) is 2.97. The third-order valence-corrected chi connectivity index (χ3v) is 4.02. The monoisotopic (exact) mass is 265 g/mol. The maximum absolute atomic E-state index is 11.7. The first-order valence-corrected chi connectivity index (χ1v) is 7.13. The molecule has 1 aliphatic rings. The number of hydrogen-bond donors (Lipinski definition) is 1. The molecule has 18 heavy (non-hydrogen) atoms. The van der Waals surface area contributed by atoms with Gasteiger partial charge < -0.3 is 10.1 Å². The molecule has 1 N–H and O–H groups in total. The molecule has 1 aromatic rings. The highest BCUT2D eigenvalue weighted by Crippen LogP contribution is 2.17. The predicted octanol–water partition coefficient (Wildman–Crippen LogP) is 2.75. The second-order valence-electron chi connectivity index (χ2n) is 4.63. The second kappa shape index (κ2) is 6.16. The molecule has 0 spiro atoms. The first kappa shape index (κ1) is 13.3. The molecule has 0 radical (unpaired) electrons. The van der Waals surface area contributed by atoms with E-state index in [4.69, 9.17) is 4.74 Å². The van der Waals surface area contributed by atoms with Gasteiger partial charge in [0.1, 0.15) is 0 Å². The molecule has 0 bridgehead atoms. The molecule has 98 valence electrons. The minimum Gasteiger partial charge on any atom is -0.376 e. The fraction of sp³-hybridized carbons (Fsp3) is 0.500. The van der Waals surface area contributed by atoms with Gasteiger partial charge in [0.25, 0.3) is 0 Å². The molecule has 1 saturated heterocycles. The summed E-state index contributed by atoms with van der Waals surface area (Å²) in [5.41, 5.74) is 0. The van der Waals surface area contributed by atoms with Crippen molar-refractivity contribution in [1.82, 2.24) is 5.32 Å². The third kappa shape index (κ3) is 3.68. The summed E-state index contributed by atoms with van der Waals surface area (Å²) in [6, 6.07) is 4.15. The standard InChI is InChI=1S/C14H19NO2S/c1-10-5-6-12(18-10)7-8-14(16)15-11(2)13-4-3-9-17-13/h5-8,11,13H,3-4,9H2,1-2H3,(H,15,16). The van der Waals surface area contributed by atoms with E-state index < -0.39 is 0 Å². The highest BCUT2D eigenvalue weighted by atomic mass is 32.1. The van der Waals surface area contributed by atoms with Crippen molar-refractivity contribution >= 4 is 23.3 Å².